The number of carbonyl (C=O) groups excluding carboxylic acids is 2. The number of benzene rings is 3. The standard InChI is InChI=1S/C31H33N7O6/c1-19(2)36-29-30(41)37(27(16-35-29)21-12-22(33)14-24(39)13-21)17-28(40)34-15-20-4-6-23(7-5-20)38(18-32)31(42)44-26-10-8-25(43-3)9-11-26/h4-14,16,18-19,32,39H,15,17,33H2,1-3H3,(H,34,40)(H,35,36). The summed E-state index contributed by atoms with van der Waals surface area (Å²) >= 11 is 0. The molecule has 6 N–H and O–H groups in total. The molecular formula is C31H33N7O6. The molecule has 0 atom stereocenters. The van der Waals surface area contributed by atoms with Gasteiger partial charge in [-0.3, -0.25) is 19.6 Å². The number of anilines is 3. The van der Waals surface area contributed by atoms with Crippen molar-refractivity contribution in [3.8, 4) is 28.5 Å². The maximum absolute atomic E-state index is 13.3. The molecule has 0 aliphatic carbocycles. The van der Waals surface area contributed by atoms with Crippen molar-refractivity contribution in [1.29, 1.82) is 5.41 Å². The molecule has 13 heteroatoms. The number of nitrogens with one attached hydrogen (secondary N) is 3. The number of methoxy groups -OCH3 is 1. The Hall–Kier alpha value is -5.85. The minimum absolute atomic E-state index is 0.0735. The molecule has 0 unspecified atom stereocenters. The number of amides is 2. The van der Waals surface area contributed by atoms with Crippen molar-refractivity contribution in [3.05, 3.63) is 88.8 Å². The molecule has 0 aliphatic rings. The number of aromatic nitrogens is 2. The molecule has 13 nitrogen and oxygen atoms in total. The second-order valence-electron chi connectivity index (χ2n) is 9.98. The first-order valence-electron chi connectivity index (χ1n) is 13.6. The number of nitrogen functional groups attached to an aromatic ring is 1. The number of hydrogen-bond acceptors (Lipinski definition) is 10. The van der Waals surface area contributed by atoms with E-state index < -0.39 is 17.6 Å². The third-order valence-corrected chi connectivity index (χ3v) is 6.31. The molecule has 228 valence electrons. The molecule has 0 fully saturated rings. The molecule has 44 heavy (non-hydrogen) atoms. The highest BCUT2D eigenvalue weighted by Crippen LogP contribution is 2.26. The lowest BCUT2D eigenvalue weighted by Gasteiger charge is -2.18. The third kappa shape index (κ3) is 7.70. The molecule has 0 bridgehead atoms. The summed E-state index contributed by atoms with van der Waals surface area (Å²) in [5, 5.41) is 23.5. The van der Waals surface area contributed by atoms with Crippen molar-refractivity contribution in [2.24, 2.45) is 0 Å². The monoisotopic (exact) mass is 599 g/mol. The van der Waals surface area contributed by atoms with Gasteiger partial charge in [0.25, 0.3) is 5.56 Å². The maximum atomic E-state index is 13.3. The number of phenolic OH excluding ortho intramolecular Hbond substituents is 1. The molecule has 4 rings (SSSR count). The van der Waals surface area contributed by atoms with Gasteiger partial charge in [0.1, 0.15) is 23.8 Å². The lowest BCUT2D eigenvalue weighted by molar-refractivity contribution is -0.121. The minimum atomic E-state index is -0.773. The summed E-state index contributed by atoms with van der Waals surface area (Å²) in [7, 11) is 1.53. The van der Waals surface area contributed by atoms with Crippen molar-refractivity contribution < 1.29 is 24.2 Å². The first-order valence-corrected chi connectivity index (χ1v) is 13.6. The highest BCUT2D eigenvalue weighted by molar-refractivity contribution is 6.04. The fraction of sp³-hybridized carbons (Fsp3) is 0.194. The molecule has 0 spiro atoms. The van der Waals surface area contributed by atoms with Crippen LogP contribution in [0.1, 0.15) is 19.4 Å². The SMILES string of the molecule is COc1ccc(OC(=O)N(C=N)c2ccc(CNC(=O)Cn3c(-c4cc(N)cc(O)c4)cnc(NC(C)C)c3=O)cc2)cc1. The van der Waals surface area contributed by atoms with Gasteiger partial charge in [-0.15, -0.1) is 0 Å². The van der Waals surface area contributed by atoms with Gasteiger partial charge in [-0.25, -0.2) is 14.7 Å². The van der Waals surface area contributed by atoms with E-state index in [4.69, 9.17) is 20.6 Å². The van der Waals surface area contributed by atoms with E-state index in [1.807, 2.05) is 13.8 Å². The fourth-order valence-corrected chi connectivity index (χ4v) is 4.23. The average Bonchev–Trinajstić information content (AvgIpc) is 2.99. The lowest BCUT2D eigenvalue weighted by Crippen LogP contribution is -2.35. The second kappa shape index (κ2) is 13.9. The summed E-state index contributed by atoms with van der Waals surface area (Å²) in [6.45, 7) is 3.53. The predicted octanol–water partition coefficient (Wildman–Crippen LogP) is 3.96. The van der Waals surface area contributed by atoms with Crippen LogP contribution in [0.2, 0.25) is 0 Å². The Bertz CT molecular complexity index is 1680. The van der Waals surface area contributed by atoms with Crippen LogP contribution >= 0.6 is 0 Å². The summed E-state index contributed by atoms with van der Waals surface area (Å²) in [4.78, 5) is 44.2. The number of aromatic hydroxyl groups is 1. The molecule has 1 heterocycles. The van der Waals surface area contributed by atoms with Gasteiger partial charge in [-0.1, -0.05) is 12.1 Å². The fourth-order valence-electron chi connectivity index (χ4n) is 4.23. The molecule has 0 saturated carbocycles. The zero-order valence-electron chi connectivity index (χ0n) is 24.4. The van der Waals surface area contributed by atoms with Crippen molar-refractivity contribution in [2.45, 2.75) is 33.0 Å². The van der Waals surface area contributed by atoms with E-state index in [0.717, 1.165) is 11.2 Å². The van der Waals surface area contributed by atoms with E-state index in [-0.39, 0.29) is 42.1 Å². The van der Waals surface area contributed by atoms with Crippen LogP contribution in [-0.2, 0) is 17.9 Å². The normalized spacial score (nSPS) is 10.6. The number of nitrogens with zero attached hydrogens (tertiary/aromatic N) is 3. The van der Waals surface area contributed by atoms with Gasteiger partial charge in [-0.2, -0.15) is 0 Å². The lowest BCUT2D eigenvalue weighted by atomic mass is 10.1. The second-order valence-corrected chi connectivity index (χ2v) is 9.98. The van der Waals surface area contributed by atoms with Gasteiger partial charge < -0.3 is 30.9 Å². The molecule has 4 aromatic rings. The van der Waals surface area contributed by atoms with Crippen molar-refractivity contribution in [1.82, 2.24) is 14.9 Å². The number of hydrogen-bond donors (Lipinski definition) is 5. The number of ether oxygens (including phenoxy) is 2. The zero-order chi connectivity index (χ0) is 31.8. The van der Waals surface area contributed by atoms with Gasteiger partial charge in [0.2, 0.25) is 5.91 Å². The maximum Gasteiger partial charge on any atom is 0.425 e. The number of carbonyl (C=O) groups is 2. The molecule has 2 amide bonds. The van der Waals surface area contributed by atoms with E-state index in [2.05, 4.69) is 15.6 Å². The van der Waals surface area contributed by atoms with E-state index in [0.29, 0.717) is 28.3 Å². The Kier molecular flexibility index (Phi) is 9.81. The average molecular weight is 600 g/mol. The number of nitrogens with two attached hydrogens (primary N) is 1. The minimum Gasteiger partial charge on any atom is -0.508 e. The zero-order valence-corrected chi connectivity index (χ0v) is 24.4. The largest absolute Gasteiger partial charge is 0.508 e. The van der Waals surface area contributed by atoms with Crippen LogP contribution in [0.25, 0.3) is 11.3 Å². The number of rotatable bonds is 11. The summed E-state index contributed by atoms with van der Waals surface area (Å²) in [6.07, 6.45) is 1.51. The highest BCUT2D eigenvalue weighted by Gasteiger charge is 2.18. The Balaban J connectivity index is 1.45. The van der Waals surface area contributed by atoms with Crippen molar-refractivity contribution >= 4 is 35.5 Å². The van der Waals surface area contributed by atoms with Crippen molar-refractivity contribution in [2.75, 3.05) is 23.1 Å². The van der Waals surface area contributed by atoms with Gasteiger partial charge >= 0.3 is 6.09 Å². The Labute approximate surface area is 253 Å². The van der Waals surface area contributed by atoms with Crippen LogP contribution in [0.5, 0.6) is 17.2 Å². The van der Waals surface area contributed by atoms with E-state index in [1.54, 1.807) is 54.6 Å². The van der Waals surface area contributed by atoms with Crippen LogP contribution in [-0.4, -0.2) is 46.1 Å². The summed E-state index contributed by atoms with van der Waals surface area (Å²) in [5.41, 5.74) is 7.49. The van der Waals surface area contributed by atoms with Crippen LogP contribution in [0.4, 0.5) is 22.0 Å². The Morgan fingerprint density at radius 1 is 1.09 bits per heavy atom. The summed E-state index contributed by atoms with van der Waals surface area (Å²) in [5.74, 6) is 0.446. The molecule has 0 saturated heterocycles. The van der Waals surface area contributed by atoms with Gasteiger partial charge in [0.05, 0.1) is 31.0 Å². The van der Waals surface area contributed by atoms with Crippen LogP contribution in [0.15, 0.2) is 77.7 Å². The first-order chi connectivity index (χ1) is 21.1. The molecule has 0 aliphatic heterocycles. The van der Waals surface area contributed by atoms with E-state index in [1.165, 1.54) is 30.0 Å². The third-order valence-electron chi connectivity index (χ3n) is 6.31. The molecule has 1 aromatic heterocycles. The van der Waals surface area contributed by atoms with Crippen LogP contribution in [0.3, 0.4) is 0 Å². The Morgan fingerprint density at radius 2 is 1.77 bits per heavy atom. The topological polar surface area (TPSA) is 185 Å². The van der Waals surface area contributed by atoms with E-state index >= 15 is 0 Å². The molecule has 3 aromatic carbocycles. The van der Waals surface area contributed by atoms with Crippen molar-refractivity contribution in [3.63, 3.8) is 0 Å². The Morgan fingerprint density at radius 3 is 2.39 bits per heavy atom. The highest BCUT2D eigenvalue weighted by atomic mass is 16.6. The van der Waals surface area contributed by atoms with Crippen LogP contribution < -0.4 is 36.3 Å². The van der Waals surface area contributed by atoms with Gasteiger partial charge in [0, 0.05) is 29.9 Å². The summed E-state index contributed by atoms with van der Waals surface area (Å²) < 4.78 is 11.7. The molecule has 0 radical (unpaired) electrons. The first kappa shape index (κ1) is 31.1. The van der Waals surface area contributed by atoms with Gasteiger partial charge in [0.15, 0.2) is 5.82 Å². The quantitative estimate of drug-likeness (QED) is 0.0967. The van der Waals surface area contributed by atoms with E-state index in [9.17, 15) is 19.5 Å². The number of phenols is 1. The van der Waals surface area contributed by atoms with Crippen LogP contribution in [0, 0.1) is 5.41 Å². The predicted molar refractivity (Wildman–Crippen MR) is 167 cm³/mol. The smallest absolute Gasteiger partial charge is 0.425 e. The summed E-state index contributed by atoms with van der Waals surface area (Å²) in [6, 6.07) is 17.4. The van der Waals surface area contributed by atoms with Gasteiger partial charge in [-0.05, 0) is 67.9 Å². The molecular weight excluding hydrogens is 566 g/mol.